The third-order valence-electron chi connectivity index (χ3n) is 5.21. The quantitative estimate of drug-likeness (QED) is 0.810. The van der Waals surface area contributed by atoms with Gasteiger partial charge in [-0.1, -0.05) is 59.6 Å². The van der Waals surface area contributed by atoms with Gasteiger partial charge in [-0.05, 0) is 24.1 Å². The number of hydrogen-bond acceptors (Lipinski definition) is 3. The van der Waals surface area contributed by atoms with E-state index in [1.54, 1.807) is 7.05 Å². The van der Waals surface area contributed by atoms with Gasteiger partial charge in [0.2, 0.25) is 0 Å². The van der Waals surface area contributed by atoms with Gasteiger partial charge >= 0.3 is 6.03 Å². The van der Waals surface area contributed by atoms with E-state index >= 15 is 0 Å². The lowest BCUT2D eigenvalue weighted by Crippen LogP contribution is -2.64. The number of nitrogens with zero attached hydrogens (tertiary/aromatic N) is 3. The first kappa shape index (κ1) is 19.3. The minimum atomic E-state index is -0.566. The van der Waals surface area contributed by atoms with Crippen LogP contribution in [0.2, 0.25) is 5.02 Å². The lowest BCUT2D eigenvalue weighted by molar-refractivity contribution is -0.127. The average Bonchev–Trinajstić information content (AvgIpc) is 3.04. The van der Waals surface area contributed by atoms with Crippen molar-refractivity contribution in [3.63, 3.8) is 0 Å². The number of urea groups is 1. The first-order chi connectivity index (χ1) is 13.9. The third-order valence-corrected chi connectivity index (χ3v) is 5.58. The molecule has 150 valence electrons. The van der Waals surface area contributed by atoms with Crippen LogP contribution in [-0.2, 0) is 17.9 Å². The van der Waals surface area contributed by atoms with Gasteiger partial charge in [0, 0.05) is 18.6 Å². The van der Waals surface area contributed by atoms with Crippen LogP contribution in [0.5, 0.6) is 0 Å². The number of aliphatic imine (C=N–C) groups is 1. The Morgan fingerprint density at radius 2 is 1.93 bits per heavy atom. The molecule has 2 heterocycles. The Hall–Kier alpha value is -3.06. The second kappa shape index (κ2) is 7.75. The Labute approximate surface area is 174 Å². The molecule has 2 unspecified atom stereocenters. The molecule has 2 saturated heterocycles. The van der Waals surface area contributed by atoms with Gasteiger partial charge in [0.1, 0.15) is 6.17 Å². The Morgan fingerprint density at radius 3 is 2.69 bits per heavy atom. The van der Waals surface area contributed by atoms with Crippen molar-refractivity contribution in [1.29, 1.82) is 0 Å². The fraction of sp³-hybridized carbons (Fsp3) is 0.286. The fourth-order valence-electron chi connectivity index (χ4n) is 3.69. The number of rotatable bonds is 4. The van der Waals surface area contributed by atoms with E-state index in [1.807, 2.05) is 54.3 Å². The Morgan fingerprint density at radius 1 is 1.14 bits per heavy atom. The molecule has 0 saturated carbocycles. The predicted octanol–water partition coefficient (Wildman–Crippen LogP) is 2.49. The predicted molar refractivity (Wildman–Crippen MR) is 111 cm³/mol. The summed E-state index contributed by atoms with van der Waals surface area (Å²) >= 11 is 6.26. The molecule has 7 nitrogen and oxygen atoms in total. The second-order valence-corrected chi connectivity index (χ2v) is 7.69. The van der Waals surface area contributed by atoms with Crippen LogP contribution >= 0.6 is 11.6 Å². The van der Waals surface area contributed by atoms with Gasteiger partial charge in [-0.25, -0.2) is 9.79 Å². The molecule has 3 amide bonds. The van der Waals surface area contributed by atoms with E-state index in [0.717, 1.165) is 16.7 Å². The molecule has 0 radical (unpaired) electrons. The van der Waals surface area contributed by atoms with E-state index in [-0.39, 0.29) is 5.91 Å². The highest BCUT2D eigenvalue weighted by Gasteiger charge is 2.49. The van der Waals surface area contributed by atoms with Crippen molar-refractivity contribution in [3.05, 3.63) is 70.2 Å². The average molecular weight is 412 g/mol. The van der Waals surface area contributed by atoms with E-state index < -0.39 is 18.2 Å². The number of carbonyl (C=O) groups is 2. The minimum Gasteiger partial charge on any atom is -0.333 e. The van der Waals surface area contributed by atoms with Gasteiger partial charge in [-0.3, -0.25) is 10.1 Å². The summed E-state index contributed by atoms with van der Waals surface area (Å²) in [7, 11) is 1.66. The highest BCUT2D eigenvalue weighted by molar-refractivity contribution is 6.31. The molecule has 0 aromatic heterocycles. The molecular weight excluding hydrogens is 390 g/mol. The molecule has 8 heteroatoms. The monoisotopic (exact) mass is 411 g/mol. The molecule has 2 N–H and O–H groups in total. The number of guanidine groups is 1. The van der Waals surface area contributed by atoms with E-state index in [4.69, 9.17) is 16.6 Å². The highest BCUT2D eigenvalue weighted by Crippen LogP contribution is 2.24. The van der Waals surface area contributed by atoms with Crippen molar-refractivity contribution >= 4 is 29.5 Å². The number of nitrogens with one attached hydrogen (secondary N) is 2. The summed E-state index contributed by atoms with van der Waals surface area (Å²) in [6.07, 6.45) is -0.481. The number of halogens is 1. The highest BCUT2D eigenvalue weighted by atomic mass is 35.5. The Balaban J connectivity index is 1.67. The van der Waals surface area contributed by atoms with Crippen molar-refractivity contribution in [2.24, 2.45) is 4.99 Å². The van der Waals surface area contributed by atoms with Crippen LogP contribution in [0.25, 0.3) is 0 Å². The number of amides is 3. The Kier molecular flexibility index (Phi) is 5.15. The lowest BCUT2D eigenvalue weighted by Gasteiger charge is -2.35. The van der Waals surface area contributed by atoms with Crippen LogP contribution < -0.4 is 10.6 Å². The standard InChI is InChI=1S/C21H22ClN5O2/c1-13-6-5-7-14(10-13)12-27-17-18(26(2)21(29)25-19(17)28)24-20(27)23-11-15-8-3-4-9-16(15)22/h3-10,17-18H,11-12H2,1-2H3,(H,23,24)(H,25,28,29). The molecule has 2 fully saturated rings. The van der Waals surface area contributed by atoms with Gasteiger partial charge < -0.3 is 15.1 Å². The van der Waals surface area contributed by atoms with E-state index in [2.05, 4.69) is 16.7 Å². The molecular formula is C21H22ClN5O2. The number of benzene rings is 2. The van der Waals surface area contributed by atoms with E-state index in [0.29, 0.717) is 24.1 Å². The van der Waals surface area contributed by atoms with Crippen molar-refractivity contribution in [1.82, 2.24) is 20.4 Å². The van der Waals surface area contributed by atoms with E-state index in [9.17, 15) is 9.59 Å². The van der Waals surface area contributed by atoms with Gasteiger partial charge in [0.05, 0.1) is 6.54 Å². The molecule has 2 atom stereocenters. The molecule has 2 aromatic rings. The maximum atomic E-state index is 12.7. The van der Waals surface area contributed by atoms with Crippen molar-refractivity contribution in [2.45, 2.75) is 32.2 Å². The molecule has 2 aliphatic rings. The molecule has 4 rings (SSSR count). The number of fused-ring (bicyclic) bond motifs is 1. The zero-order chi connectivity index (χ0) is 20.5. The van der Waals surface area contributed by atoms with Crippen molar-refractivity contribution in [3.8, 4) is 0 Å². The van der Waals surface area contributed by atoms with Crippen LogP contribution in [0.1, 0.15) is 16.7 Å². The topological polar surface area (TPSA) is 77.0 Å². The number of carbonyl (C=O) groups excluding carboxylic acids is 2. The zero-order valence-corrected chi connectivity index (χ0v) is 17.0. The first-order valence-electron chi connectivity index (χ1n) is 9.38. The van der Waals surface area contributed by atoms with Crippen molar-refractivity contribution < 1.29 is 9.59 Å². The van der Waals surface area contributed by atoms with Crippen LogP contribution in [0, 0.1) is 6.92 Å². The van der Waals surface area contributed by atoms with Crippen LogP contribution in [0.15, 0.2) is 53.5 Å². The van der Waals surface area contributed by atoms with Crippen LogP contribution in [-0.4, -0.2) is 47.0 Å². The number of hydrogen-bond donors (Lipinski definition) is 2. The number of aryl methyl sites for hydroxylation is 1. The smallest absolute Gasteiger partial charge is 0.325 e. The minimum absolute atomic E-state index is 0.332. The summed E-state index contributed by atoms with van der Waals surface area (Å²) in [5.74, 6) is 0.235. The summed E-state index contributed by atoms with van der Waals surface area (Å²) in [6.45, 7) is 2.89. The van der Waals surface area contributed by atoms with E-state index in [1.165, 1.54) is 4.90 Å². The molecule has 2 aliphatic heterocycles. The summed E-state index contributed by atoms with van der Waals surface area (Å²) in [6, 6.07) is 14.6. The molecule has 0 aliphatic carbocycles. The van der Waals surface area contributed by atoms with Gasteiger partial charge in [0.15, 0.2) is 12.0 Å². The lowest BCUT2D eigenvalue weighted by atomic mass is 10.1. The number of likely N-dealkylation sites (N-methyl/N-ethyl adjacent to an activating group) is 1. The summed E-state index contributed by atoms with van der Waals surface area (Å²) in [5.41, 5.74) is 3.09. The summed E-state index contributed by atoms with van der Waals surface area (Å²) < 4.78 is 0. The summed E-state index contributed by atoms with van der Waals surface area (Å²) in [4.78, 5) is 32.8. The number of imide groups is 1. The van der Waals surface area contributed by atoms with Crippen LogP contribution in [0.3, 0.4) is 0 Å². The zero-order valence-electron chi connectivity index (χ0n) is 16.2. The maximum absolute atomic E-state index is 12.7. The first-order valence-corrected chi connectivity index (χ1v) is 9.76. The van der Waals surface area contributed by atoms with Gasteiger partial charge in [-0.15, -0.1) is 0 Å². The largest absolute Gasteiger partial charge is 0.333 e. The second-order valence-electron chi connectivity index (χ2n) is 7.29. The normalized spacial score (nSPS) is 22.5. The Bertz CT molecular complexity index is 993. The van der Waals surface area contributed by atoms with Gasteiger partial charge in [-0.2, -0.15) is 0 Å². The molecule has 0 spiro atoms. The fourth-order valence-corrected chi connectivity index (χ4v) is 3.88. The molecule has 2 aromatic carbocycles. The third kappa shape index (κ3) is 3.78. The molecule has 29 heavy (non-hydrogen) atoms. The van der Waals surface area contributed by atoms with Crippen LogP contribution in [0.4, 0.5) is 4.79 Å². The SMILES string of the molecule is Cc1cccc(CN2C(=NCc3ccccc3Cl)NC3C2C(=O)NC(=O)N3C)c1. The summed E-state index contributed by atoms with van der Waals surface area (Å²) in [5, 5.41) is 6.32. The van der Waals surface area contributed by atoms with Gasteiger partial charge in [0.25, 0.3) is 5.91 Å². The van der Waals surface area contributed by atoms with Crippen molar-refractivity contribution in [2.75, 3.05) is 7.05 Å². The molecule has 0 bridgehead atoms. The maximum Gasteiger partial charge on any atom is 0.325 e.